The first-order chi connectivity index (χ1) is 9.38. The lowest BCUT2D eigenvalue weighted by atomic mass is 9.91. The first-order valence-corrected chi connectivity index (χ1v) is 6.56. The van der Waals surface area contributed by atoms with Crippen LogP contribution in [0, 0.1) is 0 Å². The van der Waals surface area contributed by atoms with E-state index in [9.17, 15) is 13.2 Å². The van der Waals surface area contributed by atoms with Gasteiger partial charge in [-0.3, -0.25) is 0 Å². The van der Waals surface area contributed by atoms with Gasteiger partial charge in [-0.25, -0.2) is 0 Å². The minimum absolute atomic E-state index is 0.213. The molecule has 0 spiro atoms. The molecule has 1 aromatic rings. The first-order valence-electron chi connectivity index (χ1n) is 6.56. The van der Waals surface area contributed by atoms with Crippen LogP contribution in [0.5, 0.6) is 0 Å². The van der Waals surface area contributed by atoms with Crippen LogP contribution in [-0.4, -0.2) is 6.18 Å². The van der Waals surface area contributed by atoms with Crippen LogP contribution in [0.2, 0.25) is 0 Å². The van der Waals surface area contributed by atoms with E-state index in [-0.39, 0.29) is 5.56 Å². The molecule has 0 N–H and O–H groups in total. The molecule has 3 heteroatoms. The minimum Gasteiger partial charge on any atom is -0.166 e. The predicted molar refractivity (Wildman–Crippen MR) is 76.2 cm³/mol. The summed E-state index contributed by atoms with van der Waals surface area (Å²) >= 11 is 0. The van der Waals surface area contributed by atoms with Crippen LogP contribution in [0.25, 0.3) is 5.57 Å². The number of rotatable bonds is 2. The van der Waals surface area contributed by atoms with E-state index in [0.717, 1.165) is 17.6 Å². The summed E-state index contributed by atoms with van der Waals surface area (Å²) in [6.45, 7) is 4.00. The van der Waals surface area contributed by atoms with Crippen molar-refractivity contribution in [2.75, 3.05) is 0 Å². The zero-order valence-corrected chi connectivity index (χ0v) is 11.6. The normalized spacial score (nSPS) is 17.2. The third kappa shape index (κ3) is 3.41. The van der Waals surface area contributed by atoms with E-state index >= 15 is 0 Å². The van der Waals surface area contributed by atoms with E-state index < -0.39 is 11.7 Å². The van der Waals surface area contributed by atoms with Crippen molar-refractivity contribution >= 4 is 5.57 Å². The van der Waals surface area contributed by atoms with Gasteiger partial charge in [0.2, 0.25) is 0 Å². The van der Waals surface area contributed by atoms with Gasteiger partial charge in [0.15, 0.2) is 0 Å². The minimum atomic E-state index is -4.34. The Balaban J connectivity index is 2.37. The summed E-state index contributed by atoms with van der Waals surface area (Å²) < 4.78 is 39.7. The molecule has 0 aliphatic heterocycles. The molecule has 0 unspecified atom stereocenters. The molecular weight excluding hydrogens is 261 g/mol. The molecule has 0 saturated heterocycles. The Bertz CT molecular complexity index is 572. The fourth-order valence-electron chi connectivity index (χ4n) is 2.23. The number of allylic oxidation sites excluding steroid dienone is 6. The molecule has 2 rings (SSSR count). The molecule has 0 nitrogen and oxygen atoms in total. The molecule has 0 heterocycles. The van der Waals surface area contributed by atoms with Gasteiger partial charge in [-0.05, 0) is 43.9 Å². The second kappa shape index (κ2) is 5.70. The van der Waals surface area contributed by atoms with Crippen LogP contribution >= 0.6 is 0 Å². The molecule has 1 aliphatic rings. The van der Waals surface area contributed by atoms with E-state index in [2.05, 4.69) is 0 Å². The van der Waals surface area contributed by atoms with Crippen molar-refractivity contribution in [3.05, 3.63) is 64.8 Å². The molecule has 0 radical (unpaired) electrons. The van der Waals surface area contributed by atoms with Gasteiger partial charge in [0, 0.05) is 0 Å². The highest BCUT2D eigenvalue weighted by Crippen LogP contribution is 2.36. The average Bonchev–Trinajstić information content (AvgIpc) is 2.39. The van der Waals surface area contributed by atoms with E-state index in [0.29, 0.717) is 6.42 Å². The van der Waals surface area contributed by atoms with Crippen LogP contribution < -0.4 is 0 Å². The molecule has 106 valence electrons. The summed E-state index contributed by atoms with van der Waals surface area (Å²) in [6.07, 6.45) is 0.157. The second-order valence-corrected chi connectivity index (χ2v) is 5.14. The maximum Gasteiger partial charge on any atom is 0.416 e. The van der Waals surface area contributed by atoms with Crippen molar-refractivity contribution in [2.45, 2.75) is 32.9 Å². The maximum absolute atomic E-state index is 13.2. The average molecular weight is 278 g/mol. The Labute approximate surface area is 117 Å². The van der Waals surface area contributed by atoms with Gasteiger partial charge in [0.25, 0.3) is 0 Å². The lowest BCUT2D eigenvalue weighted by molar-refractivity contribution is -0.0689. The number of hydrogen-bond donors (Lipinski definition) is 0. The quantitative estimate of drug-likeness (QED) is 0.610. The largest absolute Gasteiger partial charge is 0.416 e. The van der Waals surface area contributed by atoms with Gasteiger partial charge in [-0.1, -0.05) is 47.6 Å². The molecule has 1 aliphatic carbocycles. The summed E-state index contributed by atoms with van der Waals surface area (Å²) in [5.41, 5.74) is 2.79. The Morgan fingerprint density at radius 1 is 1.05 bits per heavy atom. The van der Waals surface area contributed by atoms with Crippen LogP contribution in [-0.2, 0) is 0 Å². The van der Waals surface area contributed by atoms with Crippen LogP contribution in [0.4, 0.5) is 13.2 Å². The van der Waals surface area contributed by atoms with Crippen LogP contribution in [0.15, 0.2) is 59.2 Å². The summed E-state index contributed by atoms with van der Waals surface area (Å²) in [5.74, 6) is 0. The van der Waals surface area contributed by atoms with Crippen molar-refractivity contribution in [3.63, 3.8) is 0 Å². The molecule has 0 atom stereocenters. The molecule has 0 bridgehead atoms. The second-order valence-electron chi connectivity index (χ2n) is 5.14. The first kappa shape index (κ1) is 14.6. The van der Waals surface area contributed by atoms with Gasteiger partial charge >= 0.3 is 6.18 Å². The highest BCUT2D eigenvalue weighted by atomic mass is 19.4. The van der Waals surface area contributed by atoms with Crippen molar-refractivity contribution in [1.29, 1.82) is 0 Å². The zero-order valence-electron chi connectivity index (χ0n) is 11.6. The molecule has 0 saturated carbocycles. The molecular formula is C17H17F3. The Morgan fingerprint density at radius 2 is 1.70 bits per heavy atom. The fourth-order valence-corrected chi connectivity index (χ4v) is 2.23. The van der Waals surface area contributed by atoms with Gasteiger partial charge in [-0.2, -0.15) is 13.2 Å². The SMILES string of the molecule is CC1=C(C)CC(/C=C(\c2ccccc2)C(F)(F)F)=CC1. The lowest BCUT2D eigenvalue weighted by Gasteiger charge is -2.17. The van der Waals surface area contributed by atoms with Crippen LogP contribution in [0.3, 0.4) is 0 Å². The monoisotopic (exact) mass is 278 g/mol. The fraction of sp³-hybridized carbons (Fsp3) is 0.294. The predicted octanol–water partition coefficient (Wildman–Crippen LogP) is 5.69. The molecule has 0 fully saturated rings. The third-order valence-electron chi connectivity index (χ3n) is 3.59. The molecule has 0 amide bonds. The van der Waals surface area contributed by atoms with E-state index in [1.165, 1.54) is 23.8 Å². The van der Waals surface area contributed by atoms with Gasteiger partial charge in [-0.15, -0.1) is 0 Å². The third-order valence-corrected chi connectivity index (χ3v) is 3.59. The highest BCUT2D eigenvalue weighted by molar-refractivity contribution is 5.72. The van der Waals surface area contributed by atoms with Crippen molar-refractivity contribution in [1.82, 2.24) is 0 Å². The highest BCUT2D eigenvalue weighted by Gasteiger charge is 2.34. The van der Waals surface area contributed by atoms with Crippen LogP contribution in [0.1, 0.15) is 32.3 Å². The zero-order chi connectivity index (χ0) is 14.8. The molecule has 1 aromatic carbocycles. The summed E-state index contributed by atoms with van der Waals surface area (Å²) in [4.78, 5) is 0. The summed E-state index contributed by atoms with van der Waals surface area (Å²) in [7, 11) is 0. The van der Waals surface area contributed by atoms with E-state index in [1.54, 1.807) is 18.2 Å². The van der Waals surface area contributed by atoms with Gasteiger partial charge in [0.05, 0.1) is 5.57 Å². The Hall–Kier alpha value is -1.77. The number of halogens is 3. The topological polar surface area (TPSA) is 0 Å². The standard InChI is InChI=1S/C17H17F3/c1-12-8-9-14(10-13(12)2)11-16(17(18,19)20)15-6-4-3-5-7-15/h3-7,9,11H,8,10H2,1-2H3/b16-11+. The van der Waals surface area contributed by atoms with Gasteiger partial charge < -0.3 is 0 Å². The van der Waals surface area contributed by atoms with Crippen molar-refractivity contribution in [2.24, 2.45) is 0 Å². The van der Waals surface area contributed by atoms with Crippen molar-refractivity contribution < 1.29 is 13.2 Å². The smallest absolute Gasteiger partial charge is 0.166 e. The van der Waals surface area contributed by atoms with Gasteiger partial charge in [0.1, 0.15) is 0 Å². The summed E-state index contributed by atoms with van der Waals surface area (Å²) in [5, 5.41) is 0. The molecule has 0 aromatic heterocycles. The Morgan fingerprint density at radius 3 is 2.25 bits per heavy atom. The molecule has 20 heavy (non-hydrogen) atoms. The van der Waals surface area contributed by atoms with E-state index in [4.69, 9.17) is 0 Å². The Kier molecular flexibility index (Phi) is 4.17. The number of benzene rings is 1. The van der Waals surface area contributed by atoms with Crippen molar-refractivity contribution in [3.8, 4) is 0 Å². The number of alkyl halides is 3. The lowest BCUT2D eigenvalue weighted by Crippen LogP contribution is -2.11. The van der Waals surface area contributed by atoms with E-state index in [1.807, 2.05) is 19.9 Å². The maximum atomic E-state index is 13.2. The number of hydrogen-bond acceptors (Lipinski definition) is 0. The summed E-state index contributed by atoms with van der Waals surface area (Å²) in [6, 6.07) is 7.96.